The highest BCUT2D eigenvalue weighted by atomic mass is 16.5. The van der Waals surface area contributed by atoms with Crippen molar-refractivity contribution in [2.75, 3.05) is 0 Å². The normalized spacial score (nSPS) is 10.5. The summed E-state index contributed by atoms with van der Waals surface area (Å²) in [5.41, 5.74) is 3.69. The van der Waals surface area contributed by atoms with E-state index >= 15 is 0 Å². The number of carboxylic acid groups (broad SMARTS) is 1. The third-order valence-electron chi connectivity index (χ3n) is 4.20. The Morgan fingerprint density at radius 1 is 0.923 bits per heavy atom. The molecular weight excluding hydrogens is 326 g/mol. The van der Waals surface area contributed by atoms with Crippen molar-refractivity contribution in [2.45, 2.75) is 25.9 Å². The highest BCUT2D eigenvalue weighted by molar-refractivity contribution is 5.87. The second-order valence-corrected chi connectivity index (χ2v) is 6.11. The summed E-state index contributed by atoms with van der Waals surface area (Å²) < 4.78 is 5.96. The first-order chi connectivity index (χ1) is 12.7. The molecule has 3 aromatic rings. The number of para-hydroxylation sites is 1. The first-order valence-corrected chi connectivity index (χ1v) is 8.64. The summed E-state index contributed by atoms with van der Waals surface area (Å²) >= 11 is 0. The first kappa shape index (κ1) is 17.7. The molecule has 1 heterocycles. The molecule has 0 radical (unpaired) electrons. The number of aryl methyl sites for hydroxylation is 2. The zero-order valence-corrected chi connectivity index (χ0v) is 14.5. The maximum atomic E-state index is 10.9. The zero-order chi connectivity index (χ0) is 18.2. The number of rotatable bonds is 8. The fourth-order valence-electron chi connectivity index (χ4n) is 2.79. The molecule has 0 bridgehead atoms. The molecule has 4 nitrogen and oxygen atoms in total. The van der Waals surface area contributed by atoms with E-state index in [1.165, 1.54) is 5.56 Å². The Kier molecular flexibility index (Phi) is 5.99. The Morgan fingerprint density at radius 2 is 1.73 bits per heavy atom. The summed E-state index contributed by atoms with van der Waals surface area (Å²) in [4.78, 5) is 15.0. The topological polar surface area (TPSA) is 59.4 Å². The quantitative estimate of drug-likeness (QED) is 0.650. The van der Waals surface area contributed by atoms with Gasteiger partial charge in [-0.15, -0.1) is 0 Å². The van der Waals surface area contributed by atoms with Crippen LogP contribution in [0.5, 0.6) is 5.75 Å². The van der Waals surface area contributed by atoms with E-state index < -0.39 is 5.97 Å². The fraction of sp³-hybridized carbons (Fsp3) is 0.182. The third kappa shape index (κ3) is 4.93. The van der Waals surface area contributed by atoms with Crippen molar-refractivity contribution in [1.29, 1.82) is 0 Å². The maximum absolute atomic E-state index is 10.9. The SMILES string of the molecule is O=C(O)c1ccc(CCCc2ccccc2OCc2cccnc2)cc1. The minimum Gasteiger partial charge on any atom is -0.489 e. The molecule has 132 valence electrons. The van der Waals surface area contributed by atoms with E-state index in [1.54, 1.807) is 18.3 Å². The standard InChI is InChI=1S/C22H21NO3/c24-22(25)20-12-10-17(11-13-20)5-3-8-19-7-1-2-9-21(19)26-16-18-6-4-14-23-15-18/h1-2,4,6-7,9-15H,3,5,8,16H2,(H,24,25). The summed E-state index contributed by atoms with van der Waals surface area (Å²) in [5.74, 6) is 0.00817. The molecular formula is C22H21NO3. The molecule has 1 N–H and O–H groups in total. The number of carbonyl (C=O) groups is 1. The second-order valence-electron chi connectivity index (χ2n) is 6.11. The minimum atomic E-state index is -0.892. The van der Waals surface area contributed by atoms with Crippen LogP contribution in [0.25, 0.3) is 0 Å². The molecule has 0 unspecified atom stereocenters. The summed E-state index contributed by atoms with van der Waals surface area (Å²) in [6.07, 6.45) is 6.34. The Bertz CT molecular complexity index is 845. The molecule has 3 rings (SSSR count). The lowest BCUT2D eigenvalue weighted by molar-refractivity contribution is 0.0697. The van der Waals surface area contributed by atoms with Gasteiger partial charge in [-0.25, -0.2) is 4.79 Å². The van der Waals surface area contributed by atoms with Gasteiger partial charge in [0.1, 0.15) is 12.4 Å². The molecule has 0 aliphatic rings. The van der Waals surface area contributed by atoms with Crippen LogP contribution in [0, 0.1) is 0 Å². The van der Waals surface area contributed by atoms with Crippen molar-refractivity contribution in [1.82, 2.24) is 4.98 Å². The average Bonchev–Trinajstić information content (AvgIpc) is 2.68. The Morgan fingerprint density at radius 3 is 2.46 bits per heavy atom. The van der Waals surface area contributed by atoms with Crippen LogP contribution in [0.4, 0.5) is 0 Å². The molecule has 0 aliphatic heterocycles. The van der Waals surface area contributed by atoms with Gasteiger partial charge in [-0.05, 0) is 54.7 Å². The van der Waals surface area contributed by atoms with Gasteiger partial charge in [-0.2, -0.15) is 0 Å². The monoisotopic (exact) mass is 347 g/mol. The van der Waals surface area contributed by atoms with Crippen LogP contribution in [0.2, 0.25) is 0 Å². The van der Waals surface area contributed by atoms with Crippen molar-refractivity contribution in [3.8, 4) is 5.75 Å². The molecule has 2 aromatic carbocycles. The lowest BCUT2D eigenvalue weighted by Crippen LogP contribution is -2.00. The molecule has 0 saturated carbocycles. The Hall–Kier alpha value is -3.14. The van der Waals surface area contributed by atoms with Gasteiger partial charge in [0, 0.05) is 18.0 Å². The van der Waals surface area contributed by atoms with E-state index in [2.05, 4.69) is 11.1 Å². The van der Waals surface area contributed by atoms with Crippen LogP contribution in [0.15, 0.2) is 73.1 Å². The van der Waals surface area contributed by atoms with Crippen LogP contribution in [0.1, 0.15) is 33.5 Å². The predicted octanol–water partition coefficient (Wildman–Crippen LogP) is 4.53. The second kappa shape index (κ2) is 8.81. The molecule has 0 saturated heterocycles. The number of benzene rings is 2. The van der Waals surface area contributed by atoms with E-state index in [0.29, 0.717) is 12.2 Å². The van der Waals surface area contributed by atoms with E-state index in [0.717, 1.165) is 36.1 Å². The van der Waals surface area contributed by atoms with Gasteiger partial charge in [-0.3, -0.25) is 4.98 Å². The largest absolute Gasteiger partial charge is 0.489 e. The van der Waals surface area contributed by atoms with Gasteiger partial charge in [0.25, 0.3) is 0 Å². The van der Waals surface area contributed by atoms with Crippen molar-refractivity contribution >= 4 is 5.97 Å². The Balaban J connectivity index is 1.55. The number of nitrogens with zero attached hydrogens (tertiary/aromatic N) is 1. The molecule has 0 spiro atoms. The molecule has 0 aliphatic carbocycles. The summed E-state index contributed by atoms with van der Waals surface area (Å²) in [6, 6.07) is 19.1. The predicted molar refractivity (Wildman–Crippen MR) is 100 cm³/mol. The van der Waals surface area contributed by atoms with Gasteiger partial charge in [-0.1, -0.05) is 36.4 Å². The summed E-state index contributed by atoms with van der Waals surface area (Å²) in [5, 5.41) is 8.95. The molecule has 0 fully saturated rings. The molecule has 0 atom stereocenters. The minimum absolute atomic E-state index is 0.322. The molecule has 1 aromatic heterocycles. The fourth-order valence-corrected chi connectivity index (χ4v) is 2.79. The van der Waals surface area contributed by atoms with Crippen molar-refractivity contribution in [3.05, 3.63) is 95.3 Å². The van der Waals surface area contributed by atoms with Gasteiger partial charge >= 0.3 is 5.97 Å². The van der Waals surface area contributed by atoms with Crippen LogP contribution >= 0.6 is 0 Å². The smallest absolute Gasteiger partial charge is 0.335 e. The van der Waals surface area contributed by atoms with Crippen LogP contribution < -0.4 is 4.74 Å². The van der Waals surface area contributed by atoms with Gasteiger partial charge in [0.05, 0.1) is 5.56 Å². The number of hydrogen-bond donors (Lipinski definition) is 1. The van der Waals surface area contributed by atoms with Crippen molar-refractivity contribution in [2.24, 2.45) is 0 Å². The van der Waals surface area contributed by atoms with Gasteiger partial charge in [0.15, 0.2) is 0 Å². The van der Waals surface area contributed by atoms with Crippen LogP contribution in [0.3, 0.4) is 0 Å². The number of pyridine rings is 1. The molecule has 0 amide bonds. The summed E-state index contributed by atoms with van der Waals surface area (Å²) in [7, 11) is 0. The first-order valence-electron chi connectivity index (χ1n) is 8.64. The van der Waals surface area contributed by atoms with E-state index in [9.17, 15) is 4.79 Å². The maximum Gasteiger partial charge on any atom is 0.335 e. The van der Waals surface area contributed by atoms with Crippen LogP contribution in [-0.4, -0.2) is 16.1 Å². The van der Waals surface area contributed by atoms with Gasteiger partial charge < -0.3 is 9.84 Å². The highest BCUT2D eigenvalue weighted by Gasteiger charge is 2.05. The number of carboxylic acids is 1. The van der Waals surface area contributed by atoms with Gasteiger partial charge in [0.2, 0.25) is 0 Å². The van der Waals surface area contributed by atoms with E-state index in [1.807, 2.05) is 48.7 Å². The molecule has 26 heavy (non-hydrogen) atoms. The average molecular weight is 347 g/mol. The van der Waals surface area contributed by atoms with E-state index in [-0.39, 0.29) is 0 Å². The van der Waals surface area contributed by atoms with Crippen LogP contribution in [-0.2, 0) is 19.4 Å². The Labute approximate surface area is 153 Å². The third-order valence-corrected chi connectivity index (χ3v) is 4.20. The number of aromatic carboxylic acids is 1. The number of ether oxygens (including phenoxy) is 1. The van der Waals surface area contributed by atoms with E-state index in [4.69, 9.17) is 9.84 Å². The van der Waals surface area contributed by atoms with Crippen molar-refractivity contribution in [3.63, 3.8) is 0 Å². The zero-order valence-electron chi connectivity index (χ0n) is 14.5. The summed E-state index contributed by atoms with van der Waals surface area (Å²) in [6.45, 7) is 0.501. The number of aromatic nitrogens is 1. The molecule has 4 heteroatoms. The highest BCUT2D eigenvalue weighted by Crippen LogP contribution is 2.21. The lowest BCUT2D eigenvalue weighted by atomic mass is 10.0. The van der Waals surface area contributed by atoms with Crippen molar-refractivity contribution < 1.29 is 14.6 Å². The number of hydrogen-bond acceptors (Lipinski definition) is 3. The lowest BCUT2D eigenvalue weighted by Gasteiger charge is -2.11.